The highest BCUT2D eigenvalue weighted by atomic mass is 16.5. The zero-order chi connectivity index (χ0) is 17.1. The van der Waals surface area contributed by atoms with Crippen LogP contribution in [-0.2, 0) is 9.53 Å². The molecule has 1 unspecified atom stereocenters. The van der Waals surface area contributed by atoms with Gasteiger partial charge in [0.1, 0.15) is 0 Å². The second-order valence-corrected chi connectivity index (χ2v) is 6.58. The van der Waals surface area contributed by atoms with Gasteiger partial charge in [0.05, 0.1) is 5.69 Å². The van der Waals surface area contributed by atoms with Gasteiger partial charge in [-0.15, -0.1) is 0 Å². The Morgan fingerprint density at radius 2 is 2.00 bits per heavy atom. The summed E-state index contributed by atoms with van der Waals surface area (Å²) in [5.74, 6) is 0.248. The van der Waals surface area contributed by atoms with Gasteiger partial charge in [0.25, 0.3) is 5.91 Å². The van der Waals surface area contributed by atoms with E-state index < -0.39 is 0 Å². The number of likely N-dealkylation sites (tertiary alicyclic amines) is 1. The molecule has 2 aliphatic heterocycles. The molecular weight excluding hydrogens is 310 g/mol. The van der Waals surface area contributed by atoms with Crippen molar-refractivity contribution in [1.29, 1.82) is 0 Å². The Bertz CT molecular complexity index is 594. The zero-order valence-corrected chi connectivity index (χ0v) is 14.4. The number of amides is 2. The Hall–Kier alpha value is -1.89. The molecule has 0 radical (unpaired) electrons. The van der Waals surface area contributed by atoms with Gasteiger partial charge >= 0.3 is 0 Å². The van der Waals surface area contributed by atoms with E-state index in [4.69, 9.17) is 9.15 Å². The molecule has 2 fully saturated rings. The number of rotatable bonds is 3. The Morgan fingerprint density at radius 3 is 2.62 bits per heavy atom. The molecule has 7 heteroatoms. The third kappa shape index (κ3) is 3.45. The van der Waals surface area contributed by atoms with Crippen molar-refractivity contribution in [2.45, 2.75) is 51.6 Å². The minimum Gasteiger partial charge on any atom is -0.438 e. The SMILES string of the molecule is CC(=O)N(C1CCOCC1)C1CCCN(C(=O)c2ocnc2C)C1. The summed E-state index contributed by atoms with van der Waals surface area (Å²) in [6, 6.07) is 0.273. The summed E-state index contributed by atoms with van der Waals surface area (Å²) in [7, 11) is 0. The van der Waals surface area contributed by atoms with Gasteiger partial charge in [-0.2, -0.15) is 0 Å². The molecule has 1 aromatic heterocycles. The maximum Gasteiger partial charge on any atom is 0.291 e. The fourth-order valence-corrected chi connectivity index (χ4v) is 3.79. The van der Waals surface area contributed by atoms with Crippen molar-refractivity contribution in [3.05, 3.63) is 17.8 Å². The average molecular weight is 335 g/mol. The van der Waals surface area contributed by atoms with Crippen molar-refractivity contribution in [2.24, 2.45) is 0 Å². The predicted molar refractivity (Wildman–Crippen MR) is 86.5 cm³/mol. The molecule has 3 heterocycles. The maximum atomic E-state index is 12.7. The predicted octanol–water partition coefficient (Wildman–Crippen LogP) is 1.62. The van der Waals surface area contributed by atoms with E-state index in [1.165, 1.54) is 6.39 Å². The first kappa shape index (κ1) is 17.0. The summed E-state index contributed by atoms with van der Waals surface area (Å²) < 4.78 is 10.7. The first-order valence-corrected chi connectivity index (χ1v) is 8.64. The van der Waals surface area contributed by atoms with E-state index in [-0.39, 0.29) is 23.9 Å². The first-order chi connectivity index (χ1) is 11.6. The van der Waals surface area contributed by atoms with Crippen LogP contribution in [0.15, 0.2) is 10.8 Å². The van der Waals surface area contributed by atoms with Gasteiger partial charge in [0, 0.05) is 45.3 Å². The fraction of sp³-hybridized carbons (Fsp3) is 0.706. The Morgan fingerprint density at radius 1 is 1.25 bits per heavy atom. The molecule has 1 atom stereocenters. The number of hydrogen-bond donors (Lipinski definition) is 0. The van der Waals surface area contributed by atoms with Crippen LogP contribution in [0.3, 0.4) is 0 Å². The van der Waals surface area contributed by atoms with Gasteiger partial charge < -0.3 is 19.0 Å². The largest absolute Gasteiger partial charge is 0.438 e. The highest BCUT2D eigenvalue weighted by Gasteiger charge is 2.35. The molecule has 132 valence electrons. The van der Waals surface area contributed by atoms with E-state index in [2.05, 4.69) is 4.98 Å². The number of nitrogens with zero attached hydrogens (tertiary/aromatic N) is 3. The van der Waals surface area contributed by atoms with Crippen LogP contribution in [0.4, 0.5) is 0 Å². The van der Waals surface area contributed by atoms with Crippen LogP contribution >= 0.6 is 0 Å². The minimum absolute atomic E-state index is 0.0616. The lowest BCUT2D eigenvalue weighted by Crippen LogP contribution is -2.55. The first-order valence-electron chi connectivity index (χ1n) is 8.64. The summed E-state index contributed by atoms with van der Waals surface area (Å²) in [6.45, 7) is 6.02. The maximum absolute atomic E-state index is 12.7. The van der Waals surface area contributed by atoms with Crippen LogP contribution in [0.1, 0.15) is 48.9 Å². The van der Waals surface area contributed by atoms with Gasteiger partial charge in [-0.1, -0.05) is 0 Å². The van der Waals surface area contributed by atoms with Gasteiger partial charge in [0.2, 0.25) is 11.7 Å². The number of piperidine rings is 1. The van der Waals surface area contributed by atoms with E-state index in [1.54, 1.807) is 18.7 Å². The number of aromatic nitrogens is 1. The zero-order valence-electron chi connectivity index (χ0n) is 14.4. The molecule has 7 nitrogen and oxygen atoms in total. The summed E-state index contributed by atoms with van der Waals surface area (Å²) in [4.78, 5) is 32.7. The Labute approximate surface area is 141 Å². The second-order valence-electron chi connectivity index (χ2n) is 6.58. The molecule has 24 heavy (non-hydrogen) atoms. The Balaban J connectivity index is 1.72. The molecular formula is C17H25N3O4. The van der Waals surface area contributed by atoms with Gasteiger partial charge in [-0.05, 0) is 32.6 Å². The van der Waals surface area contributed by atoms with E-state index in [0.29, 0.717) is 37.8 Å². The quantitative estimate of drug-likeness (QED) is 0.839. The van der Waals surface area contributed by atoms with Crippen molar-refractivity contribution in [1.82, 2.24) is 14.8 Å². The monoisotopic (exact) mass is 335 g/mol. The van der Waals surface area contributed by atoms with Crippen molar-refractivity contribution in [3.8, 4) is 0 Å². The molecule has 0 spiro atoms. The van der Waals surface area contributed by atoms with Gasteiger partial charge in [0.15, 0.2) is 6.39 Å². The topological polar surface area (TPSA) is 75.9 Å². The standard InChI is InChI=1S/C17H25N3O4/c1-12-16(24-11-18-12)17(22)19-7-3-4-15(10-19)20(13(2)21)14-5-8-23-9-6-14/h11,14-15H,3-10H2,1-2H3. The van der Waals surface area contributed by atoms with E-state index >= 15 is 0 Å². The van der Waals surface area contributed by atoms with Crippen molar-refractivity contribution in [3.63, 3.8) is 0 Å². The molecule has 0 N–H and O–H groups in total. The van der Waals surface area contributed by atoms with Crippen molar-refractivity contribution >= 4 is 11.8 Å². The van der Waals surface area contributed by atoms with Crippen molar-refractivity contribution in [2.75, 3.05) is 26.3 Å². The molecule has 2 aliphatic rings. The summed E-state index contributed by atoms with van der Waals surface area (Å²) in [6.07, 6.45) is 4.84. The highest BCUT2D eigenvalue weighted by molar-refractivity contribution is 5.92. The van der Waals surface area contributed by atoms with Gasteiger partial charge in [-0.3, -0.25) is 9.59 Å². The minimum atomic E-state index is -0.134. The molecule has 0 saturated carbocycles. The normalized spacial score (nSPS) is 22.4. The summed E-state index contributed by atoms with van der Waals surface area (Å²) in [5, 5.41) is 0. The van der Waals surface area contributed by atoms with Crippen molar-refractivity contribution < 1.29 is 18.7 Å². The van der Waals surface area contributed by atoms with Crippen LogP contribution in [-0.4, -0.2) is 65.0 Å². The van der Waals surface area contributed by atoms with Crippen LogP contribution in [0.2, 0.25) is 0 Å². The molecule has 3 rings (SSSR count). The average Bonchev–Trinajstić information content (AvgIpc) is 3.01. The highest BCUT2D eigenvalue weighted by Crippen LogP contribution is 2.24. The lowest BCUT2D eigenvalue weighted by molar-refractivity contribution is -0.137. The van der Waals surface area contributed by atoms with Crippen LogP contribution in [0.25, 0.3) is 0 Å². The second kappa shape index (κ2) is 7.34. The fourth-order valence-electron chi connectivity index (χ4n) is 3.79. The van der Waals surface area contributed by atoms with E-state index in [1.807, 2.05) is 4.90 Å². The molecule has 2 amide bonds. The number of carbonyl (C=O) groups excluding carboxylic acids is 2. The number of ether oxygens (including phenoxy) is 1. The molecule has 0 bridgehead atoms. The molecule has 1 aromatic rings. The number of oxazole rings is 1. The lowest BCUT2D eigenvalue weighted by atomic mass is 9.98. The third-order valence-electron chi connectivity index (χ3n) is 4.96. The smallest absolute Gasteiger partial charge is 0.291 e. The molecule has 0 aliphatic carbocycles. The van der Waals surface area contributed by atoms with Crippen LogP contribution in [0.5, 0.6) is 0 Å². The Kier molecular flexibility index (Phi) is 5.18. The lowest BCUT2D eigenvalue weighted by Gasteiger charge is -2.43. The van der Waals surface area contributed by atoms with E-state index in [0.717, 1.165) is 25.7 Å². The number of hydrogen-bond acceptors (Lipinski definition) is 5. The third-order valence-corrected chi connectivity index (χ3v) is 4.96. The van der Waals surface area contributed by atoms with Crippen LogP contribution in [0, 0.1) is 6.92 Å². The number of carbonyl (C=O) groups is 2. The molecule has 0 aromatic carbocycles. The van der Waals surface area contributed by atoms with Gasteiger partial charge in [-0.25, -0.2) is 4.98 Å². The number of aryl methyl sites for hydroxylation is 1. The summed E-state index contributed by atoms with van der Waals surface area (Å²) in [5.41, 5.74) is 0.606. The molecule has 2 saturated heterocycles. The van der Waals surface area contributed by atoms with E-state index in [9.17, 15) is 9.59 Å². The van der Waals surface area contributed by atoms with Crippen LogP contribution < -0.4 is 0 Å². The summed E-state index contributed by atoms with van der Waals surface area (Å²) >= 11 is 0.